The lowest BCUT2D eigenvalue weighted by atomic mass is 9.83. The summed E-state index contributed by atoms with van der Waals surface area (Å²) in [6, 6.07) is 19.4. The molecule has 2 saturated heterocycles. The number of hydrogen-bond acceptors (Lipinski definition) is 7. The van der Waals surface area contributed by atoms with E-state index >= 15 is 0 Å². The Morgan fingerprint density at radius 1 is 0.816 bits per heavy atom. The lowest BCUT2D eigenvalue weighted by Gasteiger charge is -2.35. The molecule has 190 valence electrons. The Morgan fingerprint density at radius 2 is 1.47 bits per heavy atom. The molecule has 3 heterocycles. The van der Waals surface area contributed by atoms with Crippen LogP contribution in [-0.4, -0.2) is 41.6 Å². The number of esters is 1. The molecule has 0 aromatic heterocycles. The first kappa shape index (κ1) is 23.7. The van der Waals surface area contributed by atoms with Crippen LogP contribution in [0.25, 0.3) is 6.08 Å². The quantitative estimate of drug-likeness (QED) is 0.222. The Hall–Kier alpha value is -4.72. The van der Waals surface area contributed by atoms with E-state index in [0.29, 0.717) is 22.7 Å². The molecule has 3 aromatic carbocycles. The van der Waals surface area contributed by atoms with Gasteiger partial charge in [-0.15, -0.1) is 0 Å². The molecule has 38 heavy (non-hydrogen) atoms. The number of methoxy groups -OCH3 is 1. The summed E-state index contributed by atoms with van der Waals surface area (Å²) >= 11 is 0. The van der Waals surface area contributed by atoms with Gasteiger partial charge in [0.05, 0.1) is 30.7 Å². The molecule has 0 unspecified atom stereocenters. The molecule has 4 atom stereocenters. The first-order valence-corrected chi connectivity index (χ1v) is 12.3. The van der Waals surface area contributed by atoms with Gasteiger partial charge in [0.15, 0.2) is 5.78 Å². The summed E-state index contributed by atoms with van der Waals surface area (Å²) in [7, 11) is 1.55. The van der Waals surface area contributed by atoms with Crippen LogP contribution in [0.15, 0.2) is 79.0 Å². The van der Waals surface area contributed by atoms with Gasteiger partial charge in [0, 0.05) is 18.7 Å². The average Bonchev–Trinajstić information content (AvgIpc) is 3.41. The highest BCUT2D eigenvalue weighted by Crippen LogP contribution is 2.53. The number of imide groups is 1. The third kappa shape index (κ3) is 3.60. The maximum atomic E-state index is 14.0. The summed E-state index contributed by atoms with van der Waals surface area (Å²) in [6.07, 6.45) is 3.75. The Balaban J connectivity index is 1.43. The second kappa shape index (κ2) is 8.99. The maximum Gasteiger partial charge on any atom is 0.308 e. The fourth-order valence-electron chi connectivity index (χ4n) is 5.87. The van der Waals surface area contributed by atoms with Gasteiger partial charge >= 0.3 is 5.97 Å². The van der Waals surface area contributed by atoms with Crippen LogP contribution < -0.4 is 14.4 Å². The van der Waals surface area contributed by atoms with E-state index in [4.69, 9.17) is 9.47 Å². The standard InChI is InChI=1S/C30H24N2O6/c1-17(33)38-22-13-9-20(10-14-22)32-29(35)24-25(30(32)36)27(28(34)19-7-11-21(37-2)12-8-19)31-16-15-18-5-3-4-6-23(18)26(24)31/h3-16,24-27H,1-2H3/t24-,25-,26-,27+/m1/s1. The molecule has 0 N–H and O–H groups in total. The first-order chi connectivity index (χ1) is 18.4. The van der Waals surface area contributed by atoms with Crippen LogP contribution in [0.5, 0.6) is 11.5 Å². The average molecular weight is 509 g/mol. The second-order valence-corrected chi connectivity index (χ2v) is 9.53. The largest absolute Gasteiger partial charge is 0.497 e. The van der Waals surface area contributed by atoms with Gasteiger partial charge in [0.2, 0.25) is 11.8 Å². The number of anilines is 1. The van der Waals surface area contributed by atoms with E-state index in [1.165, 1.54) is 24.0 Å². The minimum atomic E-state index is -0.869. The van der Waals surface area contributed by atoms with Crippen molar-refractivity contribution in [2.75, 3.05) is 12.0 Å². The molecule has 0 spiro atoms. The van der Waals surface area contributed by atoms with Crippen LogP contribution in [0.2, 0.25) is 0 Å². The van der Waals surface area contributed by atoms with E-state index in [1.54, 1.807) is 43.5 Å². The molecule has 6 rings (SSSR count). The lowest BCUT2D eigenvalue weighted by molar-refractivity contribution is -0.132. The second-order valence-electron chi connectivity index (χ2n) is 9.53. The van der Waals surface area contributed by atoms with Gasteiger partial charge in [-0.05, 0) is 65.7 Å². The number of benzene rings is 3. The molecular formula is C30H24N2O6. The van der Waals surface area contributed by atoms with Gasteiger partial charge in [-0.3, -0.25) is 19.2 Å². The lowest BCUT2D eigenvalue weighted by Crippen LogP contribution is -2.44. The zero-order chi connectivity index (χ0) is 26.6. The highest BCUT2D eigenvalue weighted by Gasteiger charge is 2.64. The van der Waals surface area contributed by atoms with Crippen molar-refractivity contribution >= 4 is 35.3 Å². The van der Waals surface area contributed by atoms with E-state index in [1.807, 2.05) is 41.4 Å². The zero-order valence-electron chi connectivity index (χ0n) is 20.7. The van der Waals surface area contributed by atoms with Crippen molar-refractivity contribution in [3.8, 4) is 11.5 Å². The number of rotatable bonds is 5. The van der Waals surface area contributed by atoms with Gasteiger partial charge in [-0.2, -0.15) is 0 Å². The normalized spacial score (nSPS) is 23.1. The van der Waals surface area contributed by atoms with Gasteiger partial charge in [0.1, 0.15) is 17.5 Å². The summed E-state index contributed by atoms with van der Waals surface area (Å²) in [4.78, 5) is 56.2. The smallest absolute Gasteiger partial charge is 0.308 e. The summed E-state index contributed by atoms with van der Waals surface area (Å²) < 4.78 is 10.3. The molecule has 0 bridgehead atoms. The van der Waals surface area contributed by atoms with Crippen molar-refractivity contribution in [2.24, 2.45) is 11.8 Å². The molecule has 0 saturated carbocycles. The SMILES string of the molecule is COc1ccc(C(=O)[C@@H]2[C@@H]3C(=O)N(c4ccc(OC(C)=O)cc4)C(=O)[C@H]3[C@H]3c4ccccc4C=CN23)cc1. The van der Waals surface area contributed by atoms with Crippen molar-refractivity contribution in [1.82, 2.24) is 4.90 Å². The van der Waals surface area contributed by atoms with Gasteiger partial charge in [0.25, 0.3) is 0 Å². The number of hydrogen-bond donors (Lipinski definition) is 0. The van der Waals surface area contributed by atoms with Crippen LogP contribution >= 0.6 is 0 Å². The first-order valence-electron chi connectivity index (χ1n) is 12.3. The Kier molecular flexibility index (Phi) is 5.60. The van der Waals surface area contributed by atoms with Crippen LogP contribution in [0.4, 0.5) is 5.69 Å². The topological polar surface area (TPSA) is 93.2 Å². The number of carbonyl (C=O) groups excluding carboxylic acids is 4. The van der Waals surface area contributed by atoms with E-state index in [-0.39, 0.29) is 11.7 Å². The number of fused-ring (bicyclic) bond motifs is 5. The van der Waals surface area contributed by atoms with Crippen LogP contribution in [-0.2, 0) is 14.4 Å². The van der Waals surface area contributed by atoms with Gasteiger partial charge in [-0.1, -0.05) is 24.3 Å². The van der Waals surface area contributed by atoms with Crippen LogP contribution in [0.1, 0.15) is 34.5 Å². The Labute approximate surface area is 219 Å². The molecule has 8 nitrogen and oxygen atoms in total. The third-order valence-electron chi connectivity index (χ3n) is 7.46. The predicted molar refractivity (Wildman–Crippen MR) is 138 cm³/mol. The molecule has 2 amide bonds. The number of carbonyl (C=O) groups is 4. The molecule has 3 aliphatic rings. The number of ether oxygens (including phenoxy) is 2. The van der Waals surface area contributed by atoms with E-state index in [9.17, 15) is 19.2 Å². The van der Waals surface area contributed by atoms with Gasteiger partial charge < -0.3 is 14.4 Å². The maximum absolute atomic E-state index is 14.0. The highest BCUT2D eigenvalue weighted by molar-refractivity contribution is 6.24. The van der Waals surface area contributed by atoms with Crippen molar-refractivity contribution < 1.29 is 28.7 Å². The molecule has 0 radical (unpaired) electrons. The molecule has 2 fully saturated rings. The molecule has 3 aliphatic heterocycles. The molecule has 0 aliphatic carbocycles. The summed E-state index contributed by atoms with van der Waals surface area (Å²) in [5, 5.41) is 0. The fraction of sp³-hybridized carbons (Fsp3) is 0.200. The minimum absolute atomic E-state index is 0.234. The van der Waals surface area contributed by atoms with Crippen molar-refractivity contribution in [2.45, 2.75) is 19.0 Å². The van der Waals surface area contributed by atoms with Crippen molar-refractivity contribution in [3.63, 3.8) is 0 Å². The number of ketones is 1. The monoisotopic (exact) mass is 508 g/mol. The number of nitrogens with zero attached hydrogens (tertiary/aromatic N) is 2. The summed E-state index contributed by atoms with van der Waals surface area (Å²) in [5.74, 6) is -2.17. The molecular weight excluding hydrogens is 484 g/mol. The van der Waals surface area contributed by atoms with Crippen LogP contribution in [0, 0.1) is 11.8 Å². The predicted octanol–water partition coefficient (Wildman–Crippen LogP) is 4.02. The number of Topliss-reactive ketones (excluding diaryl/α,β-unsaturated/α-hetero) is 1. The molecule has 3 aromatic rings. The van der Waals surface area contributed by atoms with Gasteiger partial charge in [-0.25, -0.2) is 4.90 Å². The summed E-state index contributed by atoms with van der Waals surface area (Å²) in [5.41, 5.74) is 2.66. The van der Waals surface area contributed by atoms with Crippen LogP contribution in [0.3, 0.4) is 0 Å². The summed E-state index contributed by atoms with van der Waals surface area (Å²) in [6.45, 7) is 1.30. The Morgan fingerprint density at radius 3 is 2.16 bits per heavy atom. The van der Waals surface area contributed by atoms with Crippen molar-refractivity contribution in [1.29, 1.82) is 0 Å². The van der Waals surface area contributed by atoms with E-state index in [0.717, 1.165) is 11.1 Å². The van der Waals surface area contributed by atoms with Crippen molar-refractivity contribution in [3.05, 3.63) is 95.7 Å². The third-order valence-corrected chi connectivity index (χ3v) is 7.46. The van der Waals surface area contributed by atoms with E-state index < -0.39 is 35.8 Å². The fourth-order valence-corrected chi connectivity index (χ4v) is 5.87. The zero-order valence-corrected chi connectivity index (χ0v) is 20.7. The number of amides is 2. The minimum Gasteiger partial charge on any atom is -0.497 e. The highest BCUT2D eigenvalue weighted by atomic mass is 16.5. The Bertz CT molecular complexity index is 1490. The van der Waals surface area contributed by atoms with E-state index in [2.05, 4.69) is 0 Å². The molecule has 8 heteroatoms.